The lowest BCUT2D eigenvalue weighted by molar-refractivity contribution is 0.185. The molecule has 4 heteroatoms. The molecule has 0 aromatic heterocycles. The smallest absolute Gasteiger partial charge is 0.131 e. The molecule has 0 radical (unpaired) electrons. The Morgan fingerprint density at radius 2 is 1.90 bits per heavy atom. The van der Waals surface area contributed by atoms with Gasteiger partial charge >= 0.3 is 0 Å². The summed E-state index contributed by atoms with van der Waals surface area (Å²) in [6.07, 6.45) is 0. The van der Waals surface area contributed by atoms with Gasteiger partial charge < -0.3 is 10.1 Å². The number of ether oxygens (including phenoxy) is 1. The van der Waals surface area contributed by atoms with Crippen LogP contribution in [0, 0.1) is 11.6 Å². The van der Waals surface area contributed by atoms with Gasteiger partial charge in [-0.1, -0.05) is 24.3 Å². The summed E-state index contributed by atoms with van der Waals surface area (Å²) in [4.78, 5) is 0. The molecule has 0 aliphatic rings. The fraction of sp³-hybridized carbons (Fsp3) is 0.250. The molecule has 0 fully saturated rings. The molecule has 0 unspecified atom stereocenters. The van der Waals surface area contributed by atoms with Crippen LogP contribution < -0.4 is 5.32 Å². The Morgan fingerprint density at radius 1 is 1.15 bits per heavy atom. The van der Waals surface area contributed by atoms with Crippen molar-refractivity contribution in [3.63, 3.8) is 0 Å². The number of halogens is 2. The van der Waals surface area contributed by atoms with Crippen LogP contribution >= 0.6 is 0 Å². The van der Waals surface area contributed by atoms with Crippen LogP contribution in [0.4, 0.5) is 14.5 Å². The Morgan fingerprint density at radius 3 is 2.60 bits per heavy atom. The molecule has 1 atom stereocenters. The van der Waals surface area contributed by atoms with Gasteiger partial charge in [-0.25, -0.2) is 8.78 Å². The highest BCUT2D eigenvalue weighted by Crippen LogP contribution is 2.24. The van der Waals surface area contributed by atoms with E-state index in [2.05, 4.69) is 5.32 Å². The summed E-state index contributed by atoms with van der Waals surface area (Å²) in [5.74, 6) is -1.12. The number of nitrogens with one attached hydrogen (secondary N) is 1. The lowest BCUT2D eigenvalue weighted by atomic mass is 10.1. The van der Waals surface area contributed by atoms with Gasteiger partial charge in [0, 0.05) is 30.0 Å². The topological polar surface area (TPSA) is 21.3 Å². The van der Waals surface area contributed by atoms with Crippen molar-refractivity contribution in [3.05, 3.63) is 65.2 Å². The summed E-state index contributed by atoms with van der Waals surface area (Å²) >= 11 is 0. The van der Waals surface area contributed by atoms with Crippen LogP contribution in [0.1, 0.15) is 24.1 Å². The van der Waals surface area contributed by atoms with Crippen molar-refractivity contribution in [2.75, 3.05) is 12.4 Å². The van der Waals surface area contributed by atoms with E-state index in [-0.39, 0.29) is 6.04 Å². The number of hydrogen-bond acceptors (Lipinski definition) is 2. The van der Waals surface area contributed by atoms with Crippen LogP contribution in [0.15, 0.2) is 42.5 Å². The zero-order valence-electron chi connectivity index (χ0n) is 11.5. The molecule has 2 aromatic rings. The quantitative estimate of drug-likeness (QED) is 0.880. The third-order valence-electron chi connectivity index (χ3n) is 3.12. The second kappa shape index (κ2) is 6.48. The van der Waals surface area contributed by atoms with Gasteiger partial charge in [0.2, 0.25) is 0 Å². The van der Waals surface area contributed by atoms with Crippen molar-refractivity contribution >= 4 is 5.69 Å². The molecule has 0 amide bonds. The van der Waals surface area contributed by atoms with Crippen LogP contribution in [-0.2, 0) is 11.3 Å². The van der Waals surface area contributed by atoms with E-state index in [1.54, 1.807) is 7.11 Å². The molecular formula is C16H17F2NO. The number of anilines is 1. The molecule has 0 heterocycles. The van der Waals surface area contributed by atoms with Crippen molar-refractivity contribution in [2.45, 2.75) is 19.6 Å². The molecule has 0 bridgehead atoms. The van der Waals surface area contributed by atoms with Gasteiger partial charge in [0.05, 0.1) is 12.6 Å². The Hall–Kier alpha value is -1.94. The van der Waals surface area contributed by atoms with Crippen molar-refractivity contribution in [1.82, 2.24) is 0 Å². The highest BCUT2D eigenvalue weighted by Gasteiger charge is 2.13. The minimum atomic E-state index is -0.571. The minimum Gasteiger partial charge on any atom is -0.380 e. The zero-order chi connectivity index (χ0) is 14.5. The third-order valence-corrected chi connectivity index (χ3v) is 3.12. The van der Waals surface area contributed by atoms with E-state index in [4.69, 9.17) is 4.74 Å². The highest BCUT2D eigenvalue weighted by atomic mass is 19.1. The van der Waals surface area contributed by atoms with Gasteiger partial charge in [0.15, 0.2) is 0 Å². The second-order valence-corrected chi connectivity index (χ2v) is 4.62. The third kappa shape index (κ3) is 3.33. The highest BCUT2D eigenvalue weighted by molar-refractivity contribution is 5.52. The number of methoxy groups -OCH3 is 1. The Kier molecular flexibility index (Phi) is 4.69. The molecule has 20 heavy (non-hydrogen) atoms. The predicted molar refractivity (Wildman–Crippen MR) is 75.6 cm³/mol. The average Bonchev–Trinajstić information content (AvgIpc) is 2.41. The van der Waals surface area contributed by atoms with E-state index >= 15 is 0 Å². The molecule has 2 aromatic carbocycles. The normalized spacial score (nSPS) is 12.2. The predicted octanol–water partition coefficient (Wildman–Crippen LogP) is 4.28. The van der Waals surface area contributed by atoms with E-state index in [1.165, 1.54) is 12.1 Å². The zero-order valence-corrected chi connectivity index (χ0v) is 11.5. The maximum atomic E-state index is 13.7. The number of para-hydroxylation sites is 1. The molecule has 0 aliphatic heterocycles. The molecule has 1 N–H and O–H groups in total. The Bertz CT molecular complexity index is 586. The van der Waals surface area contributed by atoms with Gasteiger partial charge in [-0.05, 0) is 19.1 Å². The number of benzene rings is 2. The second-order valence-electron chi connectivity index (χ2n) is 4.62. The standard InChI is InChI=1S/C16H17F2NO/c1-11(14-8-7-13(17)9-15(14)18)19-16-6-4-3-5-12(16)10-20-2/h3-9,11,19H,10H2,1-2H3/t11-/m1/s1. The van der Waals surface area contributed by atoms with Crippen LogP contribution in [0.25, 0.3) is 0 Å². The summed E-state index contributed by atoms with van der Waals surface area (Å²) in [6.45, 7) is 2.31. The largest absolute Gasteiger partial charge is 0.380 e. The SMILES string of the molecule is COCc1ccccc1N[C@H](C)c1ccc(F)cc1F. The van der Waals surface area contributed by atoms with Gasteiger partial charge in [-0.3, -0.25) is 0 Å². The summed E-state index contributed by atoms with van der Waals surface area (Å²) in [5.41, 5.74) is 2.30. The van der Waals surface area contributed by atoms with Crippen molar-refractivity contribution < 1.29 is 13.5 Å². The summed E-state index contributed by atoms with van der Waals surface area (Å²) in [7, 11) is 1.62. The molecule has 106 valence electrons. The number of rotatable bonds is 5. The maximum absolute atomic E-state index is 13.7. The van der Waals surface area contributed by atoms with Gasteiger partial charge in [-0.2, -0.15) is 0 Å². The van der Waals surface area contributed by atoms with E-state index in [0.29, 0.717) is 12.2 Å². The first-order chi connectivity index (χ1) is 9.61. The van der Waals surface area contributed by atoms with Crippen LogP contribution in [-0.4, -0.2) is 7.11 Å². The first kappa shape index (κ1) is 14.5. The lowest BCUT2D eigenvalue weighted by Gasteiger charge is -2.19. The van der Waals surface area contributed by atoms with Crippen molar-refractivity contribution in [3.8, 4) is 0 Å². The van der Waals surface area contributed by atoms with Crippen molar-refractivity contribution in [1.29, 1.82) is 0 Å². The molecule has 2 nitrogen and oxygen atoms in total. The Balaban J connectivity index is 2.21. The fourth-order valence-corrected chi connectivity index (χ4v) is 2.11. The van der Waals surface area contributed by atoms with Crippen molar-refractivity contribution in [2.24, 2.45) is 0 Å². The van der Waals surface area contributed by atoms with Gasteiger partial charge in [-0.15, -0.1) is 0 Å². The van der Waals surface area contributed by atoms with E-state index < -0.39 is 11.6 Å². The van der Waals surface area contributed by atoms with E-state index in [1.807, 2.05) is 31.2 Å². The first-order valence-electron chi connectivity index (χ1n) is 6.40. The molecular weight excluding hydrogens is 260 g/mol. The van der Waals surface area contributed by atoms with Gasteiger partial charge in [0.1, 0.15) is 11.6 Å². The number of hydrogen-bond donors (Lipinski definition) is 1. The first-order valence-corrected chi connectivity index (χ1v) is 6.40. The Labute approximate surface area is 117 Å². The molecule has 0 aliphatic carbocycles. The van der Waals surface area contributed by atoms with Crippen LogP contribution in [0.5, 0.6) is 0 Å². The van der Waals surface area contributed by atoms with E-state index in [9.17, 15) is 8.78 Å². The maximum Gasteiger partial charge on any atom is 0.131 e. The lowest BCUT2D eigenvalue weighted by Crippen LogP contribution is -2.10. The molecule has 0 saturated heterocycles. The average molecular weight is 277 g/mol. The summed E-state index contributed by atoms with van der Waals surface area (Å²) in [6, 6.07) is 11.0. The van der Waals surface area contributed by atoms with E-state index in [0.717, 1.165) is 17.3 Å². The molecule has 0 saturated carbocycles. The monoisotopic (exact) mass is 277 g/mol. The van der Waals surface area contributed by atoms with Crippen LogP contribution in [0.2, 0.25) is 0 Å². The van der Waals surface area contributed by atoms with Gasteiger partial charge in [0.25, 0.3) is 0 Å². The minimum absolute atomic E-state index is 0.270. The van der Waals surface area contributed by atoms with Crippen LogP contribution in [0.3, 0.4) is 0 Å². The summed E-state index contributed by atoms with van der Waals surface area (Å²) in [5, 5.41) is 3.23. The fourth-order valence-electron chi connectivity index (χ4n) is 2.11. The summed E-state index contributed by atoms with van der Waals surface area (Å²) < 4.78 is 31.8. The molecule has 2 rings (SSSR count). The molecule has 0 spiro atoms.